The summed E-state index contributed by atoms with van der Waals surface area (Å²) in [5, 5.41) is 1.96. The van der Waals surface area contributed by atoms with Gasteiger partial charge in [-0.05, 0) is 19.9 Å². The van der Waals surface area contributed by atoms with E-state index in [1.165, 1.54) is 6.92 Å². The molecule has 0 radical (unpaired) electrons. The number of hydrogen-bond acceptors (Lipinski definition) is 7. The largest absolute Gasteiger partial charge is 0.433 e. The number of nitrogens with two attached hydrogens (primary N) is 1. The molecule has 2 aromatic heterocycles. The number of amides is 1. The van der Waals surface area contributed by atoms with Gasteiger partial charge in [0.25, 0.3) is 5.91 Å². The highest BCUT2D eigenvalue weighted by atomic mass is 35.5. The van der Waals surface area contributed by atoms with Crippen molar-refractivity contribution in [3.8, 4) is 5.75 Å². The molecule has 0 bridgehead atoms. The lowest BCUT2D eigenvalue weighted by Gasteiger charge is -2.40. The summed E-state index contributed by atoms with van der Waals surface area (Å²) in [4.78, 5) is 23.7. The van der Waals surface area contributed by atoms with Gasteiger partial charge in [0.2, 0.25) is 5.60 Å². The lowest BCUT2D eigenvalue weighted by molar-refractivity contribution is -0.249. The number of pyridine rings is 2. The van der Waals surface area contributed by atoms with Crippen molar-refractivity contribution in [2.75, 3.05) is 11.9 Å². The van der Waals surface area contributed by atoms with E-state index >= 15 is 0 Å². The van der Waals surface area contributed by atoms with Crippen LogP contribution in [0.15, 0.2) is 29.5 Å². The Morgan fingerprint density at radius 2 is 1.94 bits per heavy atom. The van der Waals surface area contributed by atoms with Crippen molar-refractivity contribution in [3.63, 3.8) is 0 Å². The molecule has 3 heterocycles. The van der Waals surface area contributed by atoms with Crippen LogP contribution in [0.4, 0.5) is 32.2 Å². The van der Waals surface area contributed by atoms with Crippen molar-refractivity contribution in [1.29, 1.82) is 0 Å². The summed E-state index contributed by atoms with van der Waals surface area (Å²) in [6.45, 7) is -1.82. The Bertz CT molecular complexity index is 1150. The Balaban J connectivity index is 1.88. The highest BCUT2D eigenvalue weighted by Gasteiger charge is 2.59. The smallest absolute Gasteiger partial charge is 0.424 e. The Hall–Kier alpha value is -3.13. The predicted molar refractivity (Wildman–Crippen MR) is 107 cm³/mol. The number of carbonyl (C=O) groups excluding carboxylic acids is 1. The molecule has 15 heteroatoms. The highest BCUT2D eigenvalue weighted by Crippen LogP contribution is 2.41. The molecule has 2 atom stereocenters. The first kappa shape index (κ1) is 25.5. The van der Waals surface area contributed by atoms with E-state index in [2.05, 4.69) is 25.0 Å². The van der Waals surface area contributed by atoms with Gasteiger partial charge in [0.1, 0.15) is 34.5 Å². The number of alkyl halides is 5. The summed E-state index contributed by atoms with van der Waals surface area (Å²) in [6.07, 6.45) is -3.31. The van der Waals surface area contributed by atoms with E-state index in [1.54, 1.807) is 0 Å². The SMILES string of the molecule is C[C@]1(c2cc(NC(=O)c3ncc(OC(F)F)cc3Cl)ncc2F)CO[C@@](C)(C(F)(F)F)C(N)=N1. The van der Waals surface area contributed by atoms with Gasteiger partial charge >= 0.3 is 12.8 Å². The molecule has 0 saturated heterocycles. The van der Waals surface area contributed by atoms with Crippen molar-refractivity contribution in [2.24, 2.45) is 10.7 Å². The molecule has 0 spiro atoms. The molecule has 1 aliphatic heterocycles. The maximum atomic E-state index is 14.6. The van der Waals surface area contributed by atoms with E-state index in [1.807, 2.05) is 0 Å². The molecular weight excluding hydrogens is 496 g/mol. The van der Waals surface area contributed by atoms with Crippen LogP contribution in [0.5, 0.6) is 5.75 Å². The molecule has 0 unspecified atom stereocenters. The van der Waals surface area contributed by atoms with E-state index in [0.29, 0.717) is 13.1 Å². The molecule has 0 aromatic carbocycles. The molecular formula is C19H16ClF6N5O3. The van der Waals surface area contributed by atoms with E-state index in [-0.39, 0.29) is 27.8 Å². The maximum absolute atomic E-state index is 14.6. The molecule has 184 valence electrons. The second-order valence-electron chi connectivity index (χ2n) is 7.47. The summed E-state index contributed by atoms with van der Waals surface area (Å²) in [5.41, 5.74) is 0.364. The number of hydrogen-bond donors (Lipinski definition) is 2. The monoisotopic (exact) mass is 511 g/mol. The number of anilines is 1. The van der Waals surface area contributed by atoms with E-state index in [9.17, 15) is 31.1 Å². The van der Waals surface area contributed by atoms with Crippen LogP contribution in [0.3, 0.4) is 0 Å². The van der Waals surface area contributed by atoms with Crippen LogP contribution in [0.2, 0.25) is 5.02 Å². The minimum absolute atomic E-state index is 0.230. The van der Waals surface area contributed by atoms with Crippen LogP contribution < -0.4 is 15.8 Å². The van der Waals surface area contributed by atoms with Gasteiger partial charge in [-0.15, -0.1) is 0 Å². The summed E-state index contributed by atoms with van der Waals surface area (Å²) in [7, 11) is 0. The zero-order chi connectivity index (χ0) is 25.5. The molecule has 0 saturated carbocycles. The van der Waals surface area contributed by atoms with Gasteiger partial charge in [-0.2, -0.15) is 22.0 Å². The second kappa shape index (κ2) is 8.91. The van der Waals surface area contributed by atoms with Crippen molar-refractivity contribution >= 4 is 29.2 Å². The summed E-state index contributed by atoms with van der Waals surface area (Å²) < 4.78 is 88.2. The Morgan fingerprint density at radius 3 is 2.50 bits per heavy atom. The van der Waals surface area contributed by atoms with Gasteiger partial charge in [-0.3, -0.25) is 9.79 Å². The number of halogens is 7. The summed E-state index contributed by atoms with van der Waals surface area (Å²) in [5.74, 6) is -3.40. The highest BCUT2D eigenvalue weighted by molar-refractivity contribution is 6.34. The van der Waals surface area contributed by atoms with Gasteiger partial charge in [0.15, 0.2) is 0 Å². The van der Waals surface area contributed by atoms with Gasteiger partial charge < -0.3 is 20.5 Å². The Morgan fingerprint density at radius 1 is 1.26 bits per heavy atom. The van der Waals surface area contributed by atoms with Crippen LogP contribution >= 0.6 is 11.6 Å². The zero-order valence-electron chi connectivity index (χ0n) is 17.4. The first-order valence-electron chi connectivity index (χ1n) is 9.30. The maximum Gasteiger partial charge on any atom is 0.424 e. The predicted octanol–water partition coefficient (Wildman–Crippen LogP) is 4.05. The molecule has 1 aliphatic rings. The van der Waals surface area contributed by atoms with Crippen molar-refractivity contribution in [2.45, 2.75) is 37.8 Å². The van der Waals surface area contributed by atoms with E-state index in [4.69, 9.17) is 22.1 Å². The molecule has 0 fully saturated rings. The number of aromatic nitrogens is 2. The topological polar surface area (TPSA) is 112 Å². The van der Waals surface area contributed by atoms with Crippen LogP contribution in [0, 0.1) is 5.82 Å². The number of aliphatic imine (C=N–C) groups is 1. The minimum atomic E-state index is -4.86. The summed E-state index contributed by atoms with van der Waals surface area (Å²) in [6, 6.07) is 1.97. The number of nitrogens with one attached hydrogen (secondary N) is 1. The van der Waals surface area contributed by atoms with E-state index in [0.717, 1.165) is 18.3 Å². The molecule has 3 N–H and O–H groups in total. The molecule has 0 aliphatic carbocycles. The first-order valence-corrected chi connectivity index (χ1v) is 9.68. The van der Waals surface area contributed by atoms with E-state index < -0.39 is 48.1 Å². The quantitative estimate of drug-likeness (QED) is 0.586. The summed E-state index contributed by atoms with van der Waals surface area (Å²) >= 11 is 5.89. The average Bonchev–Trinajstić information content (AvgIpc) is 2.71. The standard InChI is InChI=1S/C19H16ClF6N5O3/c1-17(7-33-18(2,15(27)31-17)19(24,25)26)9-4-12(28-6-11(9)21)30-14(32)13-10(20)3-8(5-29-13)34-16(22)23/h3-6,16H,7H2,1-2H3,(H2,27,31)(H,28,30,32)/t17-,18-/m1/s1. The second-order valence-corrected chi connectivity index (χ2v) is 7.88. The molecule has 8 nitrogen and oxygen atoms in total. The fourth-order valence-electron chi connectivity index (χ4n) is 2.98. The molecule has 2 aromatic rings. The lowest BCUT2D eigenvalue weighted by atomic mass is 9.90. The van der Waals surface area contributed by atoms with Crippen LogP contribution in [0.1, 0.15) is 29.9 Å². The molecule has 3 rings (SSSR count). The van der Waals surface area contributed by atoms with Crippen LogP contribution in [-0.4, -0.2) is 46.7 Å². The van der Waals surface area contributed by atoms with Gasteiger partial charge in [0.05, 0.1) is 24.0 Å². The number of ether oxygens (including phenoxy) is 2. The van der Waals surface area contributed by atoms with Gasteiger partial charge in [-0.25, -0.2) is 14.4 Å². The number of nitrogens with zero attached hydrogens (tertiary/aromatic N) is 3. The number of carbonyl (C=O) groups is 1. The molecule has 1 amide bonds. The lowest BCUT2D eigenvalue weighted by Crippen LogP contribution is -2.60. The van der Waals surface area contributed by atoms with Gasteiger partial charge in [-0.1, -0.05) is 11.6 Å². The minimum Gasteiger partial charge on any atom is -0.433 e. The fourth-order valence-corrected chi connectivity index (χ4v) is 3.22. The van der Waals surface area contributed by atoms with Crippen molar-refractivity contribution in [1.82, 2.24) is 9.97 Å². The fraction of sp³-hybridized carbons (Fsp3) is 0.368. The van der Waals surface area contributed by atoms with Crippen LogP contribution in [0.25, 0.3) is 0 Å². The third kappa shape index (κ3) is 4.87. The zero-order valence-corrected chi connectivity index (χ0v) is 18.1. The Kier molecular flexibility index (Phi) is 6.68. The van der Waals surface area contributed by atoms with Crippen LogP contribution in [-0.2, 0) is 10.3 Å². The van der Waals surface area contributed by atoms with Crippen molar-refractivity contribution < 1.29 is 40.6 Å². The number of amidine groups is 1. The molecule has 34 heavy (non-hydrogen) atoms. The third-order valence-electron chi connectivity index (χ3n) is 4.97. The van der Waals surface area contributed by atoms with Gasteiger partial charge in [0, 0.05) is 11.6 Å². The third-order valence-corrected chi connectivity index (χ3v) is 5.26. The first-order chi connectivity index (χ1) is 15.7. The number of rotatable bonds is 5. The average molecular weight is 512 g/mol. The Labute approximate surface area is 193 Å². The normalized spacial score (nSPS) is 22.9. The van der Waals surface area contributed by atoms with Crippen molar-refractivity contribution in [3.05, 3.63) is 46.6 Å².